The van der Waals surface area contributed by atoms with Crippen LogP contribution in [0, 0.1) is 3.57 Å². The summed E-state index contributed by atoms with van der Waals surface area (Å²) >= 11 is 5.88. The fraction of sp³-hybridized carbons (Fsp3) is 0.250. The molecule has 0 aliphatic heterocycles. The largest absolute Gasteiger partial charge is 0.493 e. The molecule has 0 bridgehead atoms. The first kappa shape index (κ1) is 15.8. The van der Waals surface area contributed by atoms with Crippen molar-refractivity contribution in [3.63, 3.8) is 0 Å². The van der Waals surface area contributed by atoms with Crippen LogP contribution >= 0.6 is 38.5 Å². The fourth-order valence-electron chi connectivity index (χ4n) is 2.00. The molecular weight excluding hydrogens is 429 g/mol. The molecule has 0 aliphatic rings. The van der Waals surface area contributed by atoms with Crippen molar-refractivity contribution in [2.24, 2.45) is 5.73 Å². The van der Waals surface area contributed by atoms with Gasteiger partial charge in [-0.1, -0.05) is 41.1 Å². The summed E-state index contributed by atoms with van der Waals surface area (Å²) in [4.78, 5) is 0. The van der Waals surface area contributed by atoms with E-state index in [1.54, 1.807) is 0 Å². The minimum atomic E-state index is -0.202. The maximum Gasteiger partial charge on any atom is 0.124 e. The Balaban J connectivity index is 2.37. The minimum absolute atomic E-state index is 0.202. The van der Waals surface area contributed by atoms with Crippen LogP contribution in [0.5, 0.6) is 5.75 Å². The molecule has 0 fully saturated rings. The lowest BCUT2D eigenvalue weighted by Gasteiger charge is -2.18. The van der Waals surface area contributed by atoms with E-state index in [0.29, 0.717) is 6.61 Å². The van der Waals surface area contributed by atoms with E-state index in [4.69, 9.17) is 10.5 Å². The SMILES string of the molecule is CCCOc1ccccc1C(N)c1cc(I)ccc1Br. The molecule has 20 heavy (non-hydrogen) atoms. The van der Waals surface area contributed by atoms with Crippen LogP contribution in [0.15, 0.2) is 46.9 Å². The van der Waals surface area contributed by atoms with Crippen LogP contribution in [-0.2, 0) is 0 Å². The van der Waals surface area contributed by atoms with E-state index < -0.39 is 0 Å². The lowest BCUT2D eigenvalue weighted by atomic mass is 9.99. The Labute approximate surface area is 142 Å². The van der Waals surface area contributed by atoms with Crippen molar-refractivity contribution in [1.82, 2.24) is 0 Å². The predicted molar refractivity (Wildman–Crippen MR) is 95.1 cm³/mol. The molecule has 0 radical (unpaired) electrons. The maximum atomic E-state index is 6.45. The van der Waals surface area contributed by atoms with Gasteiger partial charge in [-0.3, -0.25) is 0 Å². The summed E-state index contributed by atoms with van der Waals surface area (Å²) < 4.78 is 8.00. The zero-order chi connectivity index (χ0) is 14.5. The van der Waals surface area contributed by atoms with Gasteiger partial charge in [0.15, 0.2) is 0 Å². The Morgan fingerprint density at radius 2 is 1.95 bits per heavy atom. The maximum absolute atomic E-state index is 6.45. The molecule has 2 aromatic rings. The van der Waals surface area contributed by atoms with Crippen LogP contribution in [0.2, 0.25) is 0 Å². The zero-order valence-corrected chi connectivity index (χ0v) is 15.0. The predicted octanol–water partition coefficient (Wildman–Crippen LogP) is 4.89. The molecule has 1 unspecified atom stereocenters. The summed E-state index contributed by atoms with van der Waals surface area (Å²) in [5, 5.41) is 0. The molecule has 0 saturated carbocycles. The summed E-state index contributed by atoms with van der Waals surface area (Å²) in [5.41, 5.74) is 8.54. The summed E-state index contributed by atoms with van der Waals surface area (Å²) in [6, 6.07) is 14.0. The molecular formula is C16H17BrINO. The molecule has 0 heterocycles. The second-order valence-corrected chi connectivity index (χ2v) is 6.63. The van der Waals surface area contributed by atoms with Gasteiger partial charge in [0, 0.05) is 13.6 Å². The van der Waals surface area contributed by atoms with Crippen LogP contribution in [0.1, 0.15) is 30.5 Å². The number of rotatable bonds is 5. The van der Waals surface area contributed by atoms with Crippen molar-refractivity contribution in [2.45, 2.75) is 19.4 Å². The van der Waals surface area contributed by atoms with Gasteiger partial charge in [0.2, 0.25) is 0 Å². The molecule has 2 nitrogen and oxygen atoms in total. The third-order valence-electron chi connectivity index (χ3n) is 3.01. The quantitative estimate of drug-likeness (QED) is 0.665. The number of halogens is 2. The van der Waals surface area contributed by atoms with Gasteiger partial charge in [-0.05, 0) is 58.8 Å². The van der Waals surface area contributed by atoms with E-state index in [1.165, 1.54) is 3.57 Å². The highest BCUT2D eigenvalue weighted by atomic mass is 127. The number of hydrogen-bond acceptors (Lipinski definition) is 2. The van der Waals surface area contributed by atoms with Crippen molar-refractivity contribution in [1.29, 1.82) is 0 Å². The number of benzene rings is 2. The van der Waals surface area contributed by atoms with Crippen molar-refractivity contribution < 1.29 is 4.74 Å². The highest BCUT2D eigenvalue weighted by molar-refractivity contribution is 14.1. The molecule has 2 aromatic carbocycles. The third kappa shape index (κ3) is 3.74. The van der Waals surface area contributed by atoms with Gasteiger partial charge in [0.1, 0.15) is 5.75 Å². The molecule has 2 N–H and O–H groups in total. The highest BCUT2D eigenvalue weighted by Gasteiger charge is 2.16. The fourth-order valence-corrected chi connectivity index (χ4v) is 3.01. The molecule has 0 amide bonds. The van der Waals surface area contributed by atoms with Crippen LogP contribution in [0.4, 0.5) is 0 Å². The van der Waals surface area contributed by atoms with E-state index in [2.05, 4.69) is 57.6 Å². The van der Waals surface area contributed by atoms with Crippen molar-refractivity contribution in [2.75, 3.05) is 6.61 Å². The van der Waals surface area contributed by atoms with Gasteiger partial charge in [0.05, 0.1) is 12.6 Å². The number of hydrogen-bond donors (Lipinski definition) is 1. The van der Waals surface area contributed by atoms with Crippen LogP contribution in [-0.4, -0.2) is 6.61 Å². The Kier molecular flexibility index (Phi) is 5.86. The number of ether oxygens (including phenoxy) is 1. The minimum Gasteiger partial charge on any atom is -0.493 e. The molecule has 106 valence electrons. The topological polar surface area (TPSA) is 35.2 Å². The van der Waals surface area contributed by atoms with Crippen molar-refractivity contribution in [3.8, 4) is 5.75 Å². The molecule has 0 spiro atoms. The molecule has 0 saturated heterocycles. The Bertz CT molecular complexity index is 588. The molecule has 0 aliphatic carbocycles. The Morgan fingerprint density at radius 1 is 1.20 bits per heavy atom. The number of para-hydroxylation sites is 1. The third-order valence-corrected chi connectivity index (χ3v) is 4.40. The van der Waals surface area contributed by atoms with Crippen LogP contribution in [0.3, 0.4) is 0 Å². The molecule has 4 heteroatoms. The first-order valence-electron chi connectivity index (χ1n) is 6.55. The zero-order valence-electron chi connectivity index (χ0n) is 11.3. The van der Waals surface area contributed by atoms with Crippen molar-refractivity contribution >= 4 is 38.5 Å². The summed E-state index contributed by atoms with van der Waals surface area (Å²) in [5.74, 6) is 0.868. The highest BCUT2D eigenvalue weighted by Crippen LogP contribution is 2.33. The molecule has 1 atom stereocenters. The van der Waals surface area contributed by atoms with Crippen molar-refractivity contribution in [3.05, 3.63) is 61.6 Å². The van der Waals surface area contributed by atoms with Gasteiger partial charge in [-0.25, -0.2) is 0 Å². The lowest BCUT2D eigenvalue weighted by Crippen LogP contribution is -2.14. The molecule has 0 aromatic heterocycles. The molecule has 2 rings (SSSR count). The van der Waals surface area contributed by atoms with Crippen LogP contribution < -0.4 is 10.5 Å². The van der Waals surface area contributed by atoms with E-state index in [-0.39, 0.29) is 6.04 Å². The Morgan fingerprint density at radius 3 is 2.70 bits per heavy atom. The van der Waals surface area contributed by atoms with E-state index in [1.807, 2.05) is 30.3 Å². The normalized spacial score (nSPS) is 12.2. The average molecular weight is 446 g/mol. The first-order chi connectivity index (χ1) is 9.63. The first-order valence-corrected chi connectivity index (χ1v) is 8.43. The summed E-state index contributed by atoms with van der Waals surface area (Å²) in [6.45, 7) is 2.80. The monoisotopic (exact) mass is 445 g/mol. The van der Waals surface area contributed by atoms with Gasteiger partial charge >= 0.3 is 0 Å². The average Bonchev–Trinajstić information content (AvgIpc) is 2.47. The Hall–Kier alpha value is -0.590. The van der Waals surface area contributed by atoms with E-state index in [0.717, 1.165) is 27.8 Å². The second kappa shape index (κ2) is 7.43. The van der Waals surface area contributed by atoms with Gasteiger partial charge in [-0.2, -0.15) is 0 Å². The number of nitrogens with two attached hydrogens (primary N) is 1. The van der Waals surface area contributed by atoms with Gasteiger partial charge in [-0.15, -0.1) is 0 Å². The van der Waals surface area contributed by atoms with E-state index in [9.17, 15) is 0 Å². The van der Waals surface area contributed by atoms with E-state index >= 15 is 0 Å². The summed E-state index contributed by atoms with van der Waals surface area (Å²) in [7, 11) is 0. The second-order valence-electron chi connectivity index (χ2n) is 4.53. The standard InChI is InChI=1S/C16H17BrINO/c1-2-9-20-15-6-4-3-5-12(15)16(19)13-10-11(18)7-8-14(13)17/h3-8,10,16H,2,9,19H2,1H3. The summed E-state index contributed by atoms with van der Waals surface area (Å²) in [6.07, 6.45) is 0.983. The van der Waals surface area contributed by atoms with Gasteiger partial charge < -0.3 is 10.5 Å². The lowest BCUT2D eigenvalue weighted by molar-refractivity contribution is 0.313. The smallest absolute Gasteiger partial charge is 0.124 e. The van der Waals surface area contributed by atoms with Gasteiger partial charge in [0.25, 0.3) is 0 Å². The van der Waals surface area contributed by atoms with Crippen LogP contribution in [0.25, 0.3) is 0 Å².